The summed E-state index contributed by atoms with van der Waals surface area (Å²) in [5, 5.41) is 0. The van der Waals surface area contributed by atoms with Crippen molar-refractivity contribution in [3.63, 3.8) is 0 Å². The highest BCUT2D eigenvalue weighted by Gasteiger charge is 2.31. The van der Waals surface area contributed by atoms with E-state index in [0.717, 1.165) is 23.7 Å². The Morgan fingerprint density at radius 1 is 0.750 bits per heavy atom. The lowest BCUT2D eigenvalue weighted by atomic mass is 9.68. The molecule has 0 atom stereocenters. The van der Waals surface area contributed by atoms with E-state index in [9.17, 15) is 0 Å². The number of pyridine rings is 1. The average Bonchev–Trinajstić information content (AvgIpc) is 2.76. The van der Waals surface area contributed by atoms with Crippen LogP contribution in [0.1, 0.15) is 127 Å². The average molecular weight is 384 g/mol. The molecule has 2 saturated carbocycles. The molecule has 2 aliphatic rings. The summed E-state index contributed by atoms with van der Waals surface area (Å²) in [5.41, 5.74) is 2.81. The molecule has 0 amide bonds. The molecule has 1 heterocycles. The van der Waals surface area contributed by atoms with Gasteiger partial charge in [-0.1, -0.05) is 71.3 Å². The van der Waals surface area contributed by atoms with E-state index < -0.39 is 0 Å². The lowest BCUT2D eigenvalue weighted by Crippen LogP contribution is -2.25. The smallest absolute Gasteiger partial charge is 0.0434 e. The first-order valence-electron chi connectivity index (χ1n) is 12.7. The van der Waals surface area contributed by atoms with Gasteiger partial charge in [-0.15, -0.1) is 0 Å². The van der Waals surface area contributed by atoms with Gasteiger partial charge in [0.2, 0.25) is 0 Å². The van der Waals surface area contributed by atoms with Crippen LogP contribution in [0.2, 0.25) is 0 Å². The van der Waals surface area contributed by atoms with Crippen molar-refractivity contribution in [1.82, 2.24) is 4.98 Å². The van der Waals surface area contributed by atoms with Gasteiger partial charge in [0.05, 0.1) is 0 Å². The van der Waals surface area contributed by atoms with E-state index in [4.69, 9.17) is 4.98 Å². The number of unbranched alkanes of at least 4 members (excludes halogenated alkanes) is 4. The zero-order valence-electron chi connectivity index (χ0n) is 18.8. The van der Waals surface area contributed by atoms with E-state index in [1.807, 2.05) is 0 Å². The van der Waals surface area contributed by atoms with E-state index >= 15 is 0 Å². The molecule has 0 aliphatic heterocycles. The second-order valence-corrected chi connectivity index (χ2v) is 9.94. The van der Waals surface area contributed by atoms with Gasteiger partial charge in [0.1, 0.15) is 0 Å². The Balaban J connectivity index is 1.38. The second kappa shape index (κ2) is 12.0. The maximum atomic E-state index is 4.88. The molecular weight excluding hydrogens is 338 g/mol. The SMILES string of the molecule is CCCCCCc1ccc(C2CCC(C3CCC(CCCC)CC3)CC2)nc1. The topological polar surface area (TPSA) is 12.9 Å². The summed E-state index contributed by atoms with van der Waals surface area (Å²) in [6.45, 7) is 4.61. The minimum atomic E-state index is 0.728. The molecule has 2 fully saturated rings. The lowest BCUT2D eigenvalue weighted by molar-refractivity contribution is 0.155. The summed E-state index contributed by atoms with van der Waals surface area (Å²) in [6, 6.07) is 4.71. The molecule has 1 aromatic heterocycles. The zero-order valence-corrected chi connectivity index (χ0v) is 18.8. The second-order valence-electron chi connectivity index (χ2n) is 9.94. The van der Waals surface area contributed by atoms with Crippen LogP contribution in [0, 0.1) is 17.8 Å². The van der Waals surface area contributed by atoms with E-state index in [2.05, 4.69) is 32.2 Å². The van der Waals surface area contributed by atoms with Crippen molar-refractivity contribution in [2.24, 2.45) is 17.8 Å². The third kappa shape index (κ3) is 6.60. The number of aryl methyl sites for hydroxylation is 1. The summed E-state index contributed by atoms with van der Waals surface area (Å²) in [5.74, 6) is 3.84. The number of nitrogens with zero attached hydrogens (tertiary/aromatic N) is 1. The van der Waals surface area contributed by atoms with Crippen molar-refractivity contribution >= 4 is 0 Å². The van der Waals surface area contributed by atoms with Crippen LogP contribution in [0.25, 0.3) is 0 Å². The summed E-state index contributed by atoms with van der Waals surface area (Å²) >= 11 is 0. The Kier molecular flexibility index (Phi) is 9.35. The normalized spacial score (nSPS) is 28.4. The molecule has 3 rings (SSSR count). The summed E-state index contributed by atoms with van der Waals surface area (Å²) in [7, 11) is 0. The van der Waals surface area contributed by atoms with Crippen LogP contribution >= 0.6 is 0 Å². The highest BCUT2D eigenvalue weighted by Crippen LogP contribution is 2.44. The molecule has 1 nitrogen and oxygen atoms in total. The molecule has 0 unspecified atom stereocenters. The molecule has 0 N–H and O–H groups in total. The van der Waals surface area contributed by atoms with Gasteiger partial charge >= 0.3 is 0 Å². The molecule has 28 heavy (non-hydrogen) atoms. The van der Waals surface area contributed by atoms with Crippen LogP contribution in [0.15, 0.2) is 18.3 Å². The van der Waals surface area contributed by atoms with Gasteiger partial charge in [0, 0.05) is 17.8 Å². The minimum absolute atomic E-state index is 0.728. The van der Waals surface area contributed by atoms with Gasteiger partial charge in [-0.25, -0.2) is 0 Å². The van der Waals surface area contributed by atoms with Gasteiger partial charge in [0.25, 0.3) is 0 Å². The first-order valence-corrected chi connectivity index (χ1v) is 12.7. The van der Waals surface area contributed by atoms with Crippen molar-refractivity contribution in [2.75, 3.05) is 0 Å². The van der Waals surface area contributed by atoms with Gasteiger partial charge in [-0.2, -0.15) is 0 Å². The Morgan fingerprint density at radius 2 is 1.43 bits per heavy atom. The summed E-state index contributed by atoms with van der Waals surface area (Å²) in [6.07, 6.45) is 24.8. The first-order chi connectivity index (χ1) is 13.8. The van der Waals surface area contributed by atoms with Crippen molar-refractivity contribution in [2.45, 2.75) is 122 Å². The number of aromatic nitrogens is 1. The number of hydrogen-bond acceptors (Lipinski definition) is 1. The Bertz CT molecular complexity index is 518. The van der Waals surface area contributed by atoms with E-state index in [1.54, 1.807) is 0 Å². The third-order valence-corrected chi connectivity index (χ3v) is 7.88. The molecule has 2 aliphatic carbocycles. The molecular formula is C27H45N. The van der Waals surface area contributed by atoms with Crippen molar-refractivity contribution < 1.29 is 0 Å². The minimum Gasteiger partial charge on any atom is -0.261 e. The predicted molar refractivity (Wildman–Crippen MR) is 122 cm³/mol. The summed E-state index contributed by atoms with van der Waals surface area (Å²) in [4.78, 5) is 4.88. The van der Waals surface area contributed by atoms with Crippen LogP contribution in [0.3, 0.4) is 0 Å². The van der Waals surface area contributed by atoms with Crippen LogP contribution in [-0.2, 0) is 6.42 Å². The van der Waals surface area contributed by atoms with Crippen LogP contribution < -0.4 is 0 Å². The fourth-order valence-corrected chi connectivity index (χ4v) is 5.91. The maximum Gasteiger partial charge on any atom is 0.0434 e. The summed E-state index contributed by atoms with van der Waals surface area (Å²) < 4.78 is 0. The highest BCUT2D eigenvalue weighted by atomic mass is 14.7. The van der Waals surface area contributed by atoms with Gasteiger partial charge in [-0.05, 0) is 80.8 Å². The molecule has 0 bridgehead atoms. The number of hydrogen-bond donors (Lipinski definition) is 0. The molecule has 158 valence electrons. The van der Waals surface area contributed by atoms with Crippen molar-refractivity contribution in [3.05, 3.63) is 29.6 Å². The Hall–Kier alpha value is -0.850. The molecule has 0 saturated heterocycles. The van der Waals surface area contributed by atoms with Crippen LogP contribution in [0.5, 0.6) is 0 Å². The fraction of sp³-hybridized carbons (Fsp3) is 0.815. The maximum absolute atomic E-state index is 4.88. The molecule has 0 radical (unpaired) electrons. The van der Waals surface area contributed by atoms with Gasteiger partial charge < -0.3 is 0 Å². The van der Waals surface area contributed by atoms with E-state index in [1.165, 1.54) is 114 Å². The molecule has 0 spiro atoms. The zero-order chi connectivity index (χ0) is 19.6. The van der Waals surface area contributed by atoms with Crippen LogP contribution in [-0.4, -0.2) is 4.98 Å². The molecule has 0 aromatic carbocycles. The molecule has 1 aromatic rings. The fourth-order valence-electron chi connectivity index (χ4n) is 5.91. The molecule has 1 heteroatoms. The lowest BCUT2D eigenvalue weighted by Gasteiger charge is -2.37. The predicted octanol–water partition coefficient (Wildman–Crippen LogP) is 8.47. The number of rotatable bonds is 10. The van der Waals surface area contributed by atoms with Crippen molar-refractivity contribution in [1.29, 1.82) is 0 Å². The monoisotopic (exact) mass is 383 g/mol. The van der Waals surface area contributed by atoms with Crippen molar-refractivity contribution in [3.8, 4) is 0 Å². The Labute approximate surface area is 175 Å². The third-order valence-electron chi connectivity index (χ3n) is 7.88. The quantitative estimate of drug-likeness (QED) is 0.369. The largest absolute Gasteiger partial charge is 0.261 e. The van der Waals surface area contributed by atoms with E-state index in [-0.39, 0.29) is 0 Å². The standard InChI is InChI=1S/C27H45N/c1-3-5-7-8-10-23-13-20-27(28-21-23)26-18-16-25(17-19-26)24-14-11-22(12-15-24)9-6-4-2/h13,20-22,24-26H,3-12,14-19H2,1-2H3. The van der Waals surface area contributed by atoms with Gasteiger partial charge in [-0.3, -0.25) is 4.98 Å². The van der Waals surface area contributed by atoms with Crippen LogP contribution in [0.4, 0.5) is 0 Å². The Morgan fingerprint density at radius 3 is 2.04 bits per heavy atom. The highest BCUT2D eigenvalue weighted by molar-refractivity contribution is 5.17. The first kappa shape index (κ1) is 21.8. The van der Waals surface area contributed by atoms with Gasteiger partial charge in [0.15, 0.2) is 0 Å². The van der Waals surface area contributed by atoms with E-state index in [0.29, 0.717) is 0 Å².